The van der Waals surface area contributed by atoms with Crippen molar-refractivity contribution in [2.24, 2.45) is 0 Å². The number of benzene rings is 9. The monoisotopic (exact) mass is 778 g/mol. The van der Waals surface area contributed by atoms with E-state index in [4.69, 9.17) is 9.97 Å². The lowest BCUT2D eigenvalue weighted by atomic mass is 9.81. The molecule has 0 fully saturated rings. The Balaban J connectivity index is 1.11. The summed E-state index contributed by atoms with van der Waals surface area (Å²) in [6.45, 7) is 4.71. The molecule has 9 aromatic carbocycles. The standard InChI is InChI=1S/C59H42N2/c1-59(2)53-31-17-16-29-52(53)57-47(30-18-32-54(57)59)44-36-42(39-19-6-3-7-20-39)35-43(37-44)46-33-34-51(49-27-14-13-26-48(46)49)56-38-55(60-58(61-56)41-23-10-5-11-24-41)50-28-15-12-25-45(50)40-21-8-4-9-22-40/h3-38H,1-2H3. The molecule has 0 N–H and O–H groups in total. The highest BCUT2D eigenvalue weighted by atomic mass is 14.9. The fourth-order valence-corrected chi connectivity index (χ4v) is 9.52. The minimum atomic E-state index is -0.0846. The van der Waals surface area contributed by atoms with Crippen LogP contribution in [0.2, 0.25) is 0 Å². The van der Waals surface area contributed by atoms with E-state index in [1.54, 1.807) is 0 Å². The van der Waals surface area contributed by atoms with Gasteiger partial charge in [0.1, 0.15) is 0 Å². The number of rotatable bonds is 7. The van der Waals surface area contributed by atoms with Crippen molar-refractivity contribution in [1.29, 1.82) is 0 Å². The molecule has 1 aliphatic rings. The third-order valence-electron chi connectivity index (χ3n) is 12.5. The molecular weight excluding hydrogens is 737 g/mol. The predicted octanol–water partition coefficient (Wildman–Crippen LogP) is 15.6. The zero-order valence-electron chi connectivity index (χ0n) is 34.2. The van der Waals surface area contributed by atoms with E-state index in [0.717, 1.165) is 44.6 Å². The molecule has 0 aliphatic heterocycles. The van der Waals surface area contributed by atoms with Crippen LogP contribution in [0.5, 0.6) is 0 Å². The molecule has 0 radical (unpaired) electrons. The van der Waals surface area contributed by atoms with E-state index in [0.29, 0.717) is 5.82 Å². The molecule has 0 spiro atoms. The van der Waals surface area contributed by atoms with Crippen LogP contribution in [-0.2, 0) is 5.41 Å². The van der Waals surface area contributed by atoms with Gasteiger partial charge >= 0.3 is 0 Å². The number of fused-ring (bicyclic) bond motifs is 4. The van der Waals surface area contributed by atoms with Crippen LogP contribution in [0.3, 0.4) is 0 Å². The Hall–Kier alpha value is -7.68. The molecule has 10 aromatic rings. The van der Waals surface area contributed by atoms with Crippen LogP contribution < -0.4 is 0 Å². The van der Waals surface area contributed by atoms with E-state index in [9.17, 15) is 0 Å². The zero-order valence-corrected chi connectivity index (χ0v) is 34.2. The zero-order chi connectivity index (χ0) is 40.9. The van der Waals surface area contributed by atoms with Gasteiger partial charge in [0, 0.05) is 22.1 Å². The van der Waals surface area contributed by atoms with Crippen molar-refractivity contribution in [3.8, 4) is 89.5 Å². The van der Waals surface area contributed by atoms with E-state index < -0.39 is 0 Å². The van der Waals surface area contributed by atoms with Crippen molar-refractivity contribution in [2.75, 3.05) is 0 Å². The first-order valence-electron chi connectivity index (χ1n) is 21.1. The highest BCUT2D eigenvalue weighted by molar-refractivity contribution is 6.06. The minimum Gasteiger partial charge on any atom is -0.228 e. The van der Waals surface area contributed by atoms with Gasteiger partial charge in [-0.05, 0) is 102 Å². The lowest BCUT2D eigenvalue weighted by Gasteiger charge is -2.21. The number of nitrogens with zero attached hydrogens (tertiary/aromatic N) is 2. The predicted molar refractivity (Wildman–Crippen MR) is 255 cm³/mol. The summed E-state index contributed by atoms with van der Waals surface area (Å²) in [4.78, 5) is 10.6. The number of hydrogen-bond acceptors (Lipinski definition) is 2. The molecule has 0 bridgehead atoms. The molecule has 61 heavy (non-hydrogen) atoms. The van der Waals surface area contributed by atoms with Gasteiger partial charge in [-0.3, -0.25) is 0 Å². The Morgan fingerprint density at radius 3 is 1.48 bits per heavy atom. The van der Waals surface area contributed by atoms with Crippen molar-refractivity contribution >= 4 is 10.8 Å². The third-order valence-corrected chi connectivity index (χ3v) is 12.5. The molecule has 2 heteroatoms. The van der Waals surface area contributed by atoms with Gasteiger partial charge in [-0.1, -0.05) is 208 Å². The van der Waals surface area contributed by atoms with E-state index in [1.165, 1.54) is 61.0 Å². The topological polar surface area (TPSA) is 25.8 Å². The van der Waals surface area contributed by atoms with Crippen molar-refractivity contribution in [1.82, 2.24) is 9.97 Å². The molecule has 0 saturated heterocycles. The SMILES string of the molecule is CC1(C)c2ccccc2-c2c(-c3cc(-c4ccccc4)cc(-c4ccc(-c5cc(-c6ccccc6-c6ccccc6)nc(-c6ccccc6)n5)c5ccccc45)c3)cccc21. The molecule has 0 amide bonds. The summed E-state index contributed by atoms with van der Waals surface area (Å²) in [6.07, 6.45) is 0. The van der Waals surface area contributed by atoms with Crippen LogP contribution in [0.15, 0.2) is 218 Å². The smallest absolute Gasteiger partial charge is 0.160 e. The molecular formula is C59H42N2. The Bertz CT molecular complexity index is 3260. The number of hydrogen-bond donors (Lipinski definition) is 0. The van der Waals surface area contributed by atoms with Crippen LogP contribution in [0.25, 0.3) is 100 Å². The van der Waals surface area contributed by atoms with Crippen LogP contribution in [0.1, 0.15) is 25.0 Å². The van der Waals surface area contributed by atoms with E-state index in [1.807, 2.05) is 18.2 Å². The van der Waals surface area contributed by atoms with Gasteiger partial charge in [-0.2, -0.15) is 0 Å². The molecule has 288 valence electrons. The molecule has 0 saturated carbocycles. The summed E-state index contributed by atoms with van der Waals surface area (Å²) in [5.41, 5.74) is 19.7. The average Bonchev–Trinajstić information content (AvgIpc) is 3.57. The summed E-state index contributed by atoms with van der Waals surface area (Å²) in [7, 11) is 0. The second-order valence-electron chi connectivity index (χ2n) is 16.5. The van der Waals surface area contributed by atoms with Gasteiger partial charge in [0.25, 0.3) is 0 Å². The summed E-state index contributed by atoms with van der Waals surface area (Å²) >= 11 is 0. The second kappa shape index (κ2) is 14.9. The summed E-state index contributed by atoms with van der Waals surface area (Å²) < 4.78 is 0. The maximum absolute atomic E-state index is 5.31. The van der Waals surface area contributed by atoms with Gasteiger partial charge in [0.2, 0.25) is 0 Å². The Labute approximate surface area is 357 Å². The first-order chi connectivity index (χ1) is 30.0. The molecule has 11 rings (SSSR count). The van der Waals surface area contributed by atoms with Gasteiger partial charge in [-0.25, -0.2) is 9.97 Å². The van der Waals surface area contributed by atoms with Crippen LogP contribution in [0.4, 0.5) is 0 Å². The Morgan fingerprint density at radius 1 is 0.295 bits per heavy atom. The van der Waals surface area contributed by atoms with E-state index in [-0.39, 0.29) is 5.41 Å². The maximum Gasteiger partial charge on any atom is 0.160 e. The quantitative estimate of drug-likeness (QED) is 0.161. The molecule has 0 unspecified atom stereocenters. The highest BCUT2D eigenvalue weighted by Crippen LogP contribution is 2.52. The number of aromatic nitrogens is 2. The lowest BCUT2D eigenvalue weighted by Crippen LogP contribution is -2.14. The molecule has 1 heterocycles. The van der Waals surface area contributed by atoms with Gasteiger partial charge in [0.15, 0.2) is 5.82 Å². The van der Waals surface area contributed by atoms with E-state index in [2.05, 4.69) is 214 Å². The first-order valence-corrected chi connectivity index (χ1v) is 21.1. The Morgan fingerprint density at radius 2 is 0.770 bits per heavy atom. The third kappa shape index (κ3) is 6.36. The summed E-state index contributed by atoms with van der Waals surface area (Å²) in [5, 5.41) is 2.31. The fraction of sp³-hybridized carbons (Fsp3) is 0.0508. The van der Waals surface area contributed by atoms with E-state index >= 15 is 0 Å². The Kier molecular flexibility index (Phi) is 8.86. The maximum atomic E-state index is 5.31. The molecule has 2 nitrogen and oxygen atoms in total. The van der Waals surface area contributed by atoms with Crippen molar-refractivity contribution in [3.63, 3.8) is 0 Å². The van der Waals surface area contributed by atoms with Gasteiger partial charge in [0.05, 0.1) is 11.4 Å². The first kappa shape index (κ1) is 36.4. The average molecular weight is 779 g/mol. The van der Waals surface area contributed by atoms with Crippen molar-refractivity contribution in [3.05, 3.63) is 230 Å². The van der Waals surface area contributed by atoms with Crippen LogP contribution >= 0.6 is 0 Å². The molecule has 1 aromatic heterocycles. The minimum absolute atomic E-state index is 0.0846. The summed E-state index contributed by atoms with van der Waals surface area (Å²) in [6, 6.07) is 78.6. The second-order valence-corrected chi connectivity index (χ2v) is 16.5. The largest absolute Gasteiger partial charge is 0.228 e. The molecule has 0 atom stereocenters. The van der Waals surface area contributed by atoms with Gasteiger partial charge < -0.3 is 0 Å². The lowest BCUT2D eigenvalue weighted by molar-refractivity contribution is 0.660. The van der Waals surface area contributed by atoms with Crippen molar-refractivity contribution in [2.45, 2.75) is 19.3 Å². The molecule has 1 aliphatic carbocycles. The van der Waals surface area contributed by atoms with Gasteiger partial charge in [-0.15, -0.1) is 0 Å². The van der Waals surface area contributed by atoms with Crippen molar-refractivity contribution < 1.29 is 0 Å². The fourth-order valence-electron chi connectivity index (χ4n) is 9.52. The highest BCUT2D eigenvalue weighted by Gasteiger charge is 2.36. The van der Waals surface area contributed by atoms with Crippen LogP contribution in [0, 0.1) is 0 Å². The normalized spacial score (nSPS) is 12.6. The van der Waals surface area contributed by atoms with Crippen LogP contribution in [-0.4, -0.2) is 9.97 Å². The summed E-state index contributed by atoms with van der Waals surface area (Å²) in [5.74, 6) is 0.699.